The van der Waals surface area contributed by atoms with Crippen molar-refractivity contribution in [1.82, 2.24) is 0 Å². The number of amides is 1. The lowest BCUT2D eigenvalue weighted by Crippen LogP contribution is -2.13. The number of thiol groups is 1. The molecule has 1 amide bonds. The summed E-state index contributed by atoms with van der Waals surface area (Å²) in [5, 5.41) is 11.3. The average molecular weight is 225 g/mol. The second-order valence-electron chi connectivity index (χ2n) is 3.04. The van der Waals surface area contributed by atoms with Crippen LogP contribution < -0.4 is 5.32 Å². The Kier molecular flexibility index (Phi) is 3.74. The van der Waals surface area contributed by atoms with Gasteiger partial charge in [-0.2, -0.15) is 12.6 Å². The number of aromatic carboxylic acids is 1. The number of hydrogen-bond acceptors (Lipinski definition) is 3. The molecule has 0 aliphatic heterocycles. The van der Waals surface area contributed by atoms with Gasteiger partial charge in [0.25, 0.3) is 0 Å². The molecule has 0 aromatic heterocycles. The molecule has 0 aliphatic rings. The molecule has 1 aromatic carbocycles. The zero-order valence-corrected chi connectivity index (χ0v) is 9.04. The van der Waals surface area contributed by atoms with Crippen LogP contribution in [0.1, 0.15) is 15.9 Å². The van der Waals surface area contributed by atoms with Crippen LogP contribution in [0.3, 0.4) is 0 Å². The van der Waals surface area contributed by atoms with Crippen LogP contribution in [0.2, 0.25) is 0 Å². The van der Waals surface area contributed by atoms with Gasteiger partial charge in [0.1, 0.15) is 0 Å². The quantitative estimate of drug-likeness (QED) is 0.684. The third kappa shape index (κ3) is 2.99. The minimum Gasteiger partial charge on any atom is -0.478 e. The van der Waals surface area contributed by atoms with Crippen molar-refractivity contribution in [1.29, 1.82) is 0 Å². The van der Waals surface area contributed by atoms with Crippen molar-refractivity contribution < 1.29 is 14.7 Å². The van der Waals surface area contributed by atoms with Crippen LogP contribution in [-0.2, 0) is 4.79 Å². The Morgan fingerprint density at radius 1 is 1.47 bits per heavy atom. The van der Waals surface area contributed by atoms with E-state index in [0.29, 0.717) is 11.3 Å². The zero-order valence-electron chi connectivity index (χ0n) is 8.15. The van der Waals surface area contributed by atoms with E-state index in [1.165, 1.54) is 12.1 Å². The lowest BCUT2D eigenvalue weighted by Gasteiger charge is -2.07. The molecule has 15 heavy (non-hydrogen) atoms. The number of carboxylic acid groups (broad SMARTS) is 1. The summed E-state index contributed by atoms with van der Waals surface area (Å²) in [6.07, 6.45) is 0. The van der Waals surface area contributed by atoms with Crippen molar-refractivity contribution in [2.24, 2.45) is 0 Å². The van der Waals surface area contributed by atoms with Crippen LogP contribution in [0, 0.1) is 6.92 Å². The number of carbonyl (C=O) groups excluding carboxylic acids is 1. The molecule has 0 bridgehead atoms. The lowest BCUT2D eigenvalue weighted by molar-refractivity contribution is -0.113. The molecular weight excluding hydrogens is 214 g/mol. The van der Waals surface area contributed by atoms with Gasteiger partial charge in [-0.25, -0.2) is 4.79 Å². The van der Waals surface area contributed by atoms with Gasteiger partial charge in [0.15, 0.2) is 0 Å². The third-order valence-electron chi connectivity index (χ3n) is 1.89. The molecule has 1 rings (SSSR count). The second-order valence-corrected chi connectivity index (χ2v) is 3.36. The number of benzene rings is 1. The highest BCUT2D eigenvalue weighted by Gasteiger charge is 2.07. The fourth-order valence-electron chi connectivity index (χ4n) is 1.13. The zero-order chi connectivity index (χ0) is 11.4. The van der Waals surface area contributed by atoms with Crippen molar-refractivity contribution in [2.45, 2.75) is 6.92 Å². The first-order chi connectivity index (χ1) is 7.04. The second kappa shape index (κ2) is 4.84. The molecule has 0 saturated carbocycles. The fourth-order valence-corrected chi connectivity index (χ4v) is 1.21. The Hall–Kier alpha value is -1.49. The maximum Gasteiger partial charge on any atom is 0.335 e. The highest BCUT2D eigenvalue weighted by molar-refractivity contribution is 7.81. The molecule has 80 valence electrons. The Balaban J connectivity index is 2.93. The molecule has 0 unspecified atom stereocenters. The first-order valence-corrected chi connectivity index (χ1v) is 4.92. The largest absolute Gasteiger partial charge is 0.478 e. The van der Waals surface area contributed by atoms with Gasteiger partial charge >= 0.3 is 5.97 Å². The van der Waals surface area contributed by atoms with Crippen molar-refractivity contribution in [2.75, 3.05) is 11.1 Å². The molecule has 0 radical (unpaired) electrons. The van der Waals surface area contributed by atoms with Crippen LogP contribution in [0.4, 0.5) is 5.69 Å². The number of carbonyl (C=O) groups is 2. The van der Waals surface area contributed by atoms with Gasteiger partial charge in [-0.15, -0.1) is 0 Å². The Labute approximate surface area is 92.7 Å². The summed E-state index contributed by atoms with van der Waals surface area (Å²) >= 11 is 3.83. The summed E-state index contributed by atoms with van der Waals surface area (Å²) in [5.74, 6) is -1.10. The average Bonchev–Trinajstić information content (AvgIpc) is 2.20. The van der Waals surface area contributed by atoms with Gasteiger partial charge < -0.3 is 10.4 Å². The van der Waals surface area contributed by atoms with Gasteiger partial charge in [0.05, 0.1) is 11.3 Å². The molecule has 4 nitrogen and oxygen atoms in total. The van der Waals surface area contributed by atoms with E-state index in [1.807, 2.05) is 0 Å². The molecule has 0 aliphatic carbocycles. The van der Waals surface area contributed by atoms with Crippen LogP contribution in [0.5, 0.6) is 0 Å². The van der Waals surface area contributed by atoms with Crippen molar-refractivity contribution in [3.63, 3.8) is 0 Å². The summed E-state index contributed by atoms with van der Waals surface area (Å²) in [5.41, 5.74) is 1.53. The predicted octanol–water partition coefficient (Wildman–Crippen LogP) is 1.56. The van der Waals surface area contributed by atoms with E-state index in [9.17, 15) is 9.59 Å². The van der Waals surface area contributed by atoms with Gasteiger partial charge in [-0.3, -0.25) is 4.79 Å². The molecule has 0 fully saturated rings. The number of rotatable bonds is 3. The van der Waals surface area contributed by atoms with Gasteiger partial charge in [-0.1, -0.05) is 0 Å². The van der Waals surface area contributed by atoms with Crippen LogP contribution in [0.15, 0.2) is 18.2 Å². The summed E-state index contributed by atoms with van der Waals surface area (Å²) in [6, 6.07) is 4.53. The van der Waals surface area contributed by atoms with Gasteiger partial charge in [0.2, 0.25) is 5.91 Å². The van der Waals surface area contributed by atoms with E-state index in [-0.39, 0.29) is 17.2 Å². The molecule has 1 aromatic rings. The SMILES string of the molecule is Cc1cc(C(=O)O)ccc1NC(=O)CS. The van der Waals surface area contributed by atoms with Gasteiger partial charge in [-0.05, 0) is 30.7 Å². The van der Waals surface area contributed by atoms with E-state index >= 15 is 0 Å². The van der Waals surface area contributed by atoms with Crippen LogP contribution in [0.25, 0.3) is 0 Å². The number of aryl methyl sites for hydroxylation is 1. The van der Waals surface area contributed by atoms with Crippen molar-refractivity contribution >= 4 is 30.2 Å². The molecule has 5 heteroatoms. The highest BCUT2D eigenvalue weighted by Crippen LogP contribution is 2.16. The number of carboxylic acids is 1. The van der Waals surface area contributed by atoms with E-state index in [4.69, 9.17) is 5.11 Å². The Morgan fingerprint density at radius 2 is 2.13 bits per heavy atom. The topological polar surface area (TPSA) is 66.4 Å². The van der Waals surface area contributed by atoms with E-state index in [1.54, 1.807) is 13.0 Å². The Bertz CT molecular complexity index is 404. The first-order valence-electron chi connectivity index (χ1n) is 4.29. The maximum atomic E-state index is 11.0. The number of hydrogen-bond donors (Lipinski definition) is 3. The minimum atomic E-state index is -0.981. The molecule has 0 atom stereocenters. The standard InChI is InChI=1S/C10H11NO3S/c1-6-4-7(10(13)14)2-3-8(6)11-9(12)5-15/h2-4,15H,5H2,1H3,(H,11,12)(H,13,14). The normalized spacial score (nSPS) is 9.73. The molecule has 0 saturated heterocycles. The first kappa shape index (κ1) is 11.6. The molecular formula is C10H11NO3S. The molecule has 0 heterocycles. The molecule has 2 N–H and O–H groups in total. The smallest absolute Gasteiger partial charge is 0.335 e. The number of nitrogens with one attached hydrogen (secondary N) is 1. The maximum absolute atomic E-state index is 11.0. The summed E-state index contributed by atoms with van der Waals surface area (Å²) in [6.45, 7) is 1.74. The summed E-state index contributed by atoms with van der Waals surface area (Å²) in [4.78, 5) is 21.7. The van der Waals surface area contributed by atoms with Crippen LogP contribution >= 0.6 is 12.6 Å². The Morgan fingerprint density at radius 3 is 2.60 bits per heavy atom. The fraction of sp³-hybridized carbons (Fsp3) is 0.200. The highest BCUT2D eigenvalue weighted by atomic mass is 32.1. The minimum absolute atomic E-state index is 0.0973. The van der Waals surface area contributed by atoms with Gasteiger partial charge in [0, 0.05) is 5.69 Å². The summed E-state index contributed by atoms with van der Waals surface area (Å²) < 4.78 is 0. The van der Waals surface area contributed by atoms with E-state index in [2.05, 4.69) is 17.9 Å². The predicted molar refractivity (Wildman–Crippen MR) is 60.6 cm³/mol. The van der Waals surface area contributed by atoms with Crippen molar-refractivity contribution in [3.8, 4) is 0 Å². The van der Waals surface area contributed by atoms with E-state index in [0.717, 1.165) is 0 Å². The third-order valence-corrected chi connectivity index (χ3v) is 2.18. The van der Waals surface area contributed by atoms with E-state index < -0.39 is 5.97 Å². The summed E-state index contributed by atoms with van der Waals surface area (Å²) in [7, 11) is 0. The monoisotopic (exact) mass is 225 g/mol. The van der Waals surface area contributed by atoms with Crippen molar-refractivity contribution in [3.05, 3.63) is 29.3 Å². The number of anilines is 1. The molecule has 0 spiro atoms. The van der Waals surface area contributed by atoms with Crippen LogP contribution in [-0.4, -0.2) is 22.7 Å². The lowest BCUT2D eigenvalue weighted by atomic mass is 10.1.